The van der Waals surface area contributed by atoms with Crippen molar-refractivity contribution < 1.29 is 14.2 Å². The highest BCUT2D eigenvalue weighted by Crippen LogP contribution is 1.94. The normalized spacial score (nSPS) is 12.9. The summed E-state index contributed by atoms with van der Waals surface area (Å²) in [6.45, 7) is 10.8. The second-order valence-corrected chi connectivity index (χ2v) is 2.61. The van der Waals surface area contributed by atoms with Crippen LogP contribution >= 0.6 is 0 Å². The molecule has 0 aromatic carbocycles. The van der Waals surface area contributed by atoms with Gasteiger partial charge in [0.15, 0.2) is 6.29 Å². The molecule has 0 spiro atoms. The Balaban J connectivity index is 3.13. The maximum absolute atomic E-state index is 5.15. The van der Waals surface area contributed by atoms with E-state index < -0.39 is 0 Å². The fourth-order valence-electron chi connectivity index (χ4n) is 0.643. The van der Waals surface area contributed by atoms with Crippen LogP contribution in [-0.4, -0.2) is 26.3 Å². The number of ether oxygens (including phenoxy) is 3. The zero-order chi connectivity index (χ0) is 9.40. The maximum Gasteiger partial charge on any atom is 0.157 e. The predicted octanol–water partition coefficient (Wildman–Crippen LogP) is 1.94. The van der Waals surface area contributed by atoms with Crippen LogP contribution in [0.5, 0.6) is 0 Å². The second-order valence-electron chi connectivity index (χ2n) is 2.61. The Bertz CT molecular complexity index is 123. The predicted molar refractivity (Wildman–Crippen MR) is 47.8 cm³/mol. The minimum Gasteiger partial charge on any atom is -0.353 e. The molecule has 72 valence electrons. The van der Waals surface area contributed by atoms with Crippen molar-refractivity contribution in [1.82, 2.24) is 0 Å². The van der Waals surface area contributed by atoms with Gasteiger partial charge < -0.3 is 14.2 Å². The van der Waals surface area contributed by atoms with E-state index in [0.717, 1.165) is 5.57 Å². The maximum atomic E-state index is 5.15. The van der Waals surface area contributed by atoms with Gasteiger partial charge in [-0.05, 0) is 20.8 Å². The highest BCUT2D eigenvalue weighted by atomic mass is 16.7. The van der Waals surface area contributed by atoms with E-state index in [-0.39, 0.29) is 13.1 Å². The fraction of sp³-hybridized carbons (Fsp3) is 0.778. The van der Waals surface area contributed by atoms with Crippen molar-refractivity contribution in [2.45, 2.75) is 27.1 Å². The van der Waals surface area contributed by atoms with E-state index in [0.29, 0.717) is 13.2 Å². The molecule has 0 aliphatic rings. The Morgan fingerprint density at radius 1 is 1.42 bits per heavy atom. The third-order valence-corrected chi connectivity index (χ3v) is 1.14. The van der Waals surface area contributed by atoms with Crippen LogP contribution in [0.15, 0.2) is 12.2 Å². The molecule has 0 aliphatic carbocycles. The molecular weight excluding hydrogens is 156 g/mol. The van der Waals surface area contributed by atoms with Crippen LogP contribution in [0.3, 0.4) is 0 Å². The summed E-state index contributed by atoms with van der Waals surface area (Å²) in [5.41, 5.74) is 0.989. The summed E-state index contributed by atoms with van der Waals surface area (Å²) in [6.07, 6.45) is -0.194. The SMILES string of the molecule is C=C(C)COCOC(C)OCC. The first-order valence-corrected chi connectivity index (χ1v) is 4.12. The second kappa shape index (κ2) is 7.28. The van der Waals surface area contributed by atoms with E-state index in [1.165, 1.54) is 0 Å². The van der Waals surface area contributed by atoms with Crippen LogP contribution in [0.2, 0.25) is 0 Å². The molecule has 0 aliphatic heterocycles. The van der Waals surface area contributed by atoms with Crippen molar-refractivity contribution >= 4 is 0 Å². The van der Waals surface area contributed by atoms with Crippen LogP contribution in [0.4, 0.5) is 0 Å². The van der Waals surface area contributed by atoms with Crippen LogP contribution in [0.1, 0.15) is 20.8 Å². The van der Waals surface area contributed by atoms with Gasteiger partial charge in [0.05, 0.1) is 6.61 Å². The van der Waals surface area contributed by atoms with E-state index in [4.69, 9.17) is 14.2 Å². The molecule has 0 radical (unpaired) electrons. The lowest BCUT2D eigenvalue weighted by atomic mass is 10.4. The molecule has 1 unspecified atom stereocenters. The lowest BCUT2D eigenvalue weighted by molar-refractivity contribution is -0.181. The van der Waals surface area contributed by atoms with Gasteiger partial charge in [-0.3, -0.25) is 0 Å². The Morgan fingerprint density at radius 3 is 2.58 bits per heavy atom. The smallest absolute Gasteiger partial charge is 0.157 e. The van der Waals surface area contributed by atoms with Crippen LogP contribution in [0.25, 0.3) is 0 Å². The van der Waals surface area contributed by atoms with Gasteiger partial charge in [-0.2, -0.15) is 0 Å². The summed E-state index contributed by atoms with van der Waals surface area (Å²) in [5.74, 6) is 0. The molecule has 0 fully saturated rings. The average molecular weight is 174 g/mol. The Kier molecular flexibility index (Phi) is 7.05. The van der Waals surface area contributed by atoms with Crippen molar-refractivity contribution in [2.75, 3.05) is 20.0 Å². The van der Waals surface area contributed by atoms with Crippen molar-refractivity contribution in [3.8, 4) is 0 Å². The van der Waals surface area contributed by atoms with E-state index in [1.54, 1.807) is 0 Å². The summed E-state index contributed by atoms with van der Waals surface area (Å²) in [4.78, 5) is 0. The summed E-state index contributed by atoms with van der Waals surface area (Å²) >= 11 is 0. The van der Waals surface area contributed by atoms with Crippen molar-refractivity contribution in [2.24, 2.45) is 0 Å². The van der Waals surface area contributed by atoms with E-state index in [9.17, 15) is 0 Å². The first kappa shape index (κ1) is 11.6. The lowest BCUT2D eigenvalue weighted by Gasteiger charge is -2.12. The summed E-state index contributed by atoms with van der Waals surface area (Å²) in [7, 11) is 0. The molecule has 0 aromatic rings. The van der Waals surface area contributed by atoms with E-state index >= 15 is 0 Å². The molecule has 0 saturated carbocycles. The highest BCUT2D eigenvalue weighted by Gasteiger charge is 1.98. The monoisotopic (exact) mass is 174 g/mol. The molecule has 0 aromatic heterocycles. The minimum atomic E-state index is -0.194. The van der Waals surface area contributed by atoms with Gasteiger partial charge >= 0.3 is 0 Å². The summed E-state index contributed by atoms with van der Waals surface area (Å²) in [5, 5.41) is 0. The Hall–Kier alpha value is -0.380. The van der Waals surface area contributed by atoms with Crippen LogP contribution in [0, 0.1) is 0 Å². The standard InChI is InChI=1S/C9H18O3/c1-5-11-9(4)12-7-10-6-8(2)3/h9H,2,5-7H2,1,3-4H3. The average Bonchev–Trinajstić information content (AvgIpc) is 1.98. The summed E-state index contributed by atoms with van der Waals surface area (Å²) in [6, 6.07) is 0. The molecule has 1 atom stereocenters. The van der Waals surface area contributed by atoms with Gasteiger partial charge in [0.2, 0.25) is 0 Å². The van der Waals surface area contributed by atoms with Gasteiger partial charge in [-0.25, -0.2) is 0 Å². The van der Waals surface area contributed by atoms with E-state index in [2.05, 4.69) is 6.58 Å². The third kappa shape index (κ3) is 7.72. The highest BCUT2D eigenvalue weighted by molar-refractivity contribution is 4.86. The quantitative estimate of drug-likeness (QED) is 0.335. The third-order valence-electron chi connectivity index (χ3n) is 1.14. The Morgan fingerprint density at radius 2 is 2.08 bits per heavy atom. The number of hydrogen-bond acceptors (Lipinski definition) is 3. The first-order chi connectivity index (χ1) is 5.66. The largest absolute Gasteiger partial charge is 0.353 e. The van der Waals surface area contributed by atoms with Crippen LogP contribution < -0.4 is 0 Å². The lowest BCUT2D eigenvalue weighted by Crippen LogP contribution is -2.15. The summed E-state index contributed by atoms with van der Waals surface area (Å²) < 4.78 is 15.4. The molecule has 0 amide bonds. The first-order valence-electron chi connectivity index (χ1n) is 4.12. The molecule has 0 rings (SSSR count). The molecule has 0 bridgehead atoms. The molecular formula is C9H18O3. The van der Waals surface area contributed by atoms with Crippen LogP contribution in [-0.2, 0) is 14.2 Å². The number of rotatable bonds is 7. The Labute approximate surface area is 74.3 Å². The van der Waals surface area contributed by atoms with E-state index in [1.807, 2.05) is 20.8 Å². The molecule has 0 saturated heterocycles. The van der Waals surface area contributed by atoms with Gasteiger partial charge in [-0.1, -0.05) is 12.2 Å². The van der Waals surface area contributed by atoms with Gasteiger partial charge in [-0.15, -0.1) is 0 Å². The topological polar surface area (TPSA) is 27.7 Å². The zero-order valence-electron chi connectivity index (χ0n) is 8.13. The van der Waals surface area contributed by atoms with Gasteiger partial charge in [0.1, 0.15) is 6.79 Å². The van der Waals surface area contributed by atoms with Crippen molar-refractivity contribution in [1.29, 1.82) is 0 Å². The van der Waals surface area contributed by atoms with Crippen molar-refractivity contribution in [3.63, 3.8) is 0 Å². The zero-order valence-corrected chi connectivity index (χ0v) is 8.13. The fourth-order valence-corrected chi connectivity index (χ4v) is 0.643. The van der Waals surface area contributed by atoms with Gasteiger partial charge in [0.25, 0.3) is 0 Å². The molecule has 0 heterocycles. The van der Waals surface area contributed by atoms with Crippen molar-refractivity contribution in [3.05, 3.63) is 12.2 Å². The molecule has 12 heavy (non-hydrogen) atoms. The van der Waals surface area contributed by atoms with Gasteiger partial charge in [0, 0.05) is 6.61 Å². The molecule has 3 nitrogen and oxygen atoms in total. The minimum absolute atomic E-state index is 0.194. The number of hydrogen-bond donors (Lipinski definition) is 0. The molecule has 3 heteroatoms. The molecule has 0 N–H and O–H groups in total.